The average molecular weight is 233 g/mol. The minimum atomic E-state index is -0.687. The van der Waals surface area contributed by atoms with Crippen LogP contribution in [-0.4, -0.2) is 24.2 Å². The van der Waals surface area contributed by atoms with Gasteiger partial charge in [0, 0.05) is 18.8 Å². The summed E-state index contributed by atoms with van der Waals surface area (Å²) in [6.07, 6.45) is 0.653. The Bertz CT molecular complexity index is 414. The first-order chi connectivity index (χ1) is 8.08. The van der Waals surface area contributed by atoms with Gasteiger partial charge in [-0.25, -0.2) is 0 Å². The second-order valence-electron chi connectivity index (χ2n) is 5.17. The van der Waals surface area contributed by atoms with Gasteiger partial charge in [-0.15, -0.1) is 0 Å². The third-order valence-electron chi connectivity index (χ3n) is 3.17. The van der Waals surface area contributed by atoms with E-state index in [9.17, 15) is 9.90 Å². The molecule has 3 nitrogen and oxygen atoms in total. The molecular weight excluding hydrogens is 214 g/mol. The SMILES string of the molecule is CC(C)CN1CC(C(=O)O)Cc2ccccc21. The molecule has 2 rings (SSSR count). The number of aliphatic carboxylic acids is 1. The largest absolute Gasteiger partial charge is 0.481 e. The van der Waals surface area contributed by atoms with Gasteiger partial charge in [-0.2, -0.15) is 0 Å². The number of para-hydroxylation sites is 1. The Balaban J connectivity index is 2.29. The van der Waals surface area contributed by atoms with Crippen LogP contribution in [0.15, 0.2) is 24.3 Å². The molecule has 1 atom stereocenters. The van der Waals surface area contributed by atoms with E-state index in [1.165, 1.54) is 5.69 Å². The highest BCUT2D eigenvalue weighted by Gasteiger charge is 2.28. The van der Waals surface area contributed by atoms with Gasteiger partial charge in [0.15, 0.2) is 0 Å². The Kier molecular flexibility index (Phi) is 3.36. The van der Waals surface area contributed by atoms with E-state index in [0.29, 0.717) is 18.9 Å². The van der Waals surface area contributed by atoms with Crippen molar-refractivity contribution in [2.45, 2.75) is 20.3 Å². The highest BCUT2D eigenvalue weighted by molar-refractivity contribution is 5.73. The minimum Gasteiger partial charge on any atom is -0.481 e. The van der Waals surface area contributed by atoms with Gasteiger partial charge in [0.25, 0.3) is 0 Å². The third kappa shape index (κ3) is 2.60. The van der Waals surface area contributed by atoms with Gasteiger partial charge in [-0.3, -0.25) is 4.79 Å². The number of anilines is 1. The van der Waals surface area contributed by atoms with Crippen molar-refractivity contribution >= 4 is 11.7 Å². The molecule has 17 heavy (non-hydrogen) atoms. The quantitative estimate of drug-likeness (QED) is 0.871. The Labute approximate surface area is 102 Å². The lowest BCUT2D eigenvalue weighted by molar-refractivity contribution is -0.141. The van der Waals surface area contributed by atoms with Crippen LogP contribution in [0.2, 0.25) is 0 Å². The summed E-state index contributed by atoms with van der Waals surface area (Å²) in [5, 5.41) is 9.19. The first kappa shape index (κ1) is 12.0. The molecule has 1 unspecified atom stereocenters. The maximum atomic E-state index is 11.2. The lowest BCUT2D eigenvalue weighted by atomic mass is 9.92. The van der Waals surface area contributed by atoms with Crippen LogP contribution in [0.3, 0.4) is 0 Å². The maximum Gasteiger partial charge on any atom is 0.308 e. The fourth-order valence-electron chi connectivity index (χ4n) is 2.47. The number of carbonyl (C=O) groups is 1. The second-order valence-corrected chi connectivity index (χ2v) is 5.17. The Morgan fingerprint density at radius 3 is 2.82 bits per heavy atom. The lowest BCUT2D eigenvalue weighted by Crippen LogP contribution is -2.40. The first-order valence-electron chi connectivity index (χ1n) is 6.13. The van der Waals surface area contributed by atoms with E-state index in [1.807, 2.05) is 18.2 Å². The van der Waals surface area contributed by atoms with Crippen LogP contribution in [0, 0.1) is 11.8 Å². The molecule has 0 fully saturated rings. The Hall–Kier alpha value is -1.51. The zero-order chi connectivity index (χ0) is 12.4. The Morgan fingerprint density at radius 2 is 2.18 bits per heavy atom. The van der Waals surface area contributed by atoms with E-state index < -0.39 is 5.97 Å². The summed E-state index contributed by atoms with van der Waals surface area (Å²) in [4.78, 5) is 13.4. The number of carboxylic acid groups (broad SMARTS) is 1. The molecule has 3 heteroatoms. The molecule has 0 saturated heterocycles. The number of benzene rings is 1. The van der Waals surface area contributed by atoms with Crippen LogP contribution >= 0.6 is 0 Å². The molecule has 0 spiro atoms. The number of hydrogen-bond donors (Lipinski definition) is 1. The second kappa shape index (κ2) is 4.78. The zero-order valence-corrected chi connectivity index (χ0v) is 10.4. The fourth-order valence-corrected chi connectivity index (χ4v) is 2.47. The molecule has 1 aliphatic rings. The molecule has 1 aromatic carbocycles. The van der Waals surface area contributed by atoms with E-state index in [0.717, 1.165) is 12.1 Å². The molecule has 0 aliphatic carbocycles. The van der Waals surface area contributed by atoms with Crippen molar-refractivity contribution in [2.24, 2.45) is 11.8 Å². The molecule has 1 N–H and O–H groups in total. The topological polar surface area (TPSA) is 40.5 Å². The van der Waals surface area contributed by atoms with Crippen LogP contribution in [0.25, 0.3) is 0 Å². The minimum absolute atomic E-state index is 0.274. The average Bonchev–Trinajstić information content (AvgIpc) is 2.28. The highest BCUT2D eigenvalue weighted by atomic mass is 16.4. The number of rotatable bonds is 3. The van der Waals surface area contributed by atoms with E-state index in [1.54, 1.807) is 0 Å². The molecule has 0 saturated carbocycles. The van der Waals surface area contributed by atoms with Crippen LogP contribution in [0.1, 0.15) is 19.4 Å². The lowest BCUT2D eigenvalue weighted by Gasteiger charge is -2.35. The zero-order valence-electron chi connectivity index (χ0n) is 10.4. The summed E-state index contributed by atoms with van der Waals surface area (Å²) < 4.78 is 0. The number of carboxylic acids is 1. The summed E-state index contributed by atoms with van der Waals surface area (Å²) in [5.74, 6) is -0.424. The summed E-state index contributed by atoms with van der Waals surface area (Å²) in [6, 6.07) is 8.14. The van der Waals surface area contributed by atoms with Crippen molar-refractivity contribution in [3.05, 3.63) is 29.8 Å². The number of nitrogens with zero attached hydrogens (tertiary/aromatic N) is 1. The van der Waals surface area contributed by atoms with Gasteiger partial charge in [0.05, 0.1) is 5.92 Å². The van der Waals surface area contributed by atoms with Crippen LogP contribution in [0.5, 0.6) is 0 Å². The predicted octanol–water partition coefficient (Wildman–Crippen LogP) is 2.41. The smallest absolute Gasteiger partial charge is 0.308 e. The molecule has 0 amide bonds. The number of fused-ring (bicyclic) bond motifs is 1. The maximum absolute atomic E-state index is 11.2. The summed E-state index contributed by atoms with van der Waals surface area (Å²) >= 11 is 0. The summed E-state index contributed by atoms with van der Waals surface area (Å²) in [7, 11) is 0. The van der Waals surface area contributed by atoms with Crippen molar-refractivity contribution < 1.29 is 9.90 Å². The van der Waals surface area contributed by atoms with Crippen molar-refractivity contribution in [3.8, 4) is 0 Å². The predicted molar refractivity (Wildman–Crippen MR) is 68.3 cm³/mol. The normalized spacial score (nSPS) is 19.2. The third-order valence-corrected chi connectivity index (χ3v) is 3.17. The van der Waals surface area contributed by atoms with Gasteiger partial charge in [-0.1, -0.05) is 32.0 Å². The van der Waals surface area contributed by atoms with Gasteiger partial charge in [0.1, 0.15) is 0 Å². The van der Waals surface area contributed by atoms with E-state index in [-0.39, 0.29) is 5.92 Å². The van der Waals surface area contributed by atoms with Crippen LogP contribution in [-0.2, 0) is 11.2 Å². The van der Waals surface area contributed by atoms with Crippen molar-refractivity contribution in [1.29, 1.82) is 0 Å². The molecule has 1 heterocycles. The van der Waals surface area contributed by atoms with E-state index >= 15 is 0 Å². The summed E-state index contributed by atoms with van der Waals surface area (Å²) in [5.41, 5.74) is 2.37. The van der Waals surface area contributed by atoms with Crippen molar-refractivity contribution in [1.82, 2.24) is 0 Å². The van der Waals surface area contributed by atoms with Gasteiger partial charge >= 0.3 is 5.97 Å². The van der Waals surface area contributed by atoms with Gasteiger partial charge < -0.3 is 10.0 Å². The molecular formula is C14H19NO2. The molecule has 0 bridgehead atoms. The van der Waals surface area contributed by atoms with Crippen LogP contribution in [0.4, 0.5) is 5.69 Å². The standard InChI is InChI=1S/C14H19NO2/c1-10(2)8-15-9-12(14(16)17)7-11-5-3-4-6-13(11)15/h3-6,10,12H,7-9H2,1-2H3,(H,16,17). The van der Waals surface area contributed by atoms with Crippen LogP contribution < -0.4 is 4.90 Å². The van der Waals surface area contributed by atoms with E-state index in [2.05, 4.69) is 24.8 Å². The monoisotopic (exact) mass is 233 g/mol. The Morgan fingerprint density at radius 1 is 1.47 bits per heavy atom. The molecule has 0 radical (unpaired) electrons. The number of hydrogen-bond acceptors (Lipinski definition) is 2. The first-order valence-corrected chi connectivity index (χ1v) is 6.13. The molecule has 0 aromatic heterocycles. The highest BCUT2D eigenvalue weighted by Crippen LogP contribution is 2.30. The molecule has 92 valence electrons. The van der Waals surface area contributed by atoms with E-state index in [4.69, 9.17) is 0 Å². The van der Waals surface area contributed by atoms with Gasteiger partial charge in [0.2, 0.25) is 0 Å². The fraction of sp³-hybridized carbons (Fsp3) is 0.500. The summed E-state index contributed by atoms with van der Waals surface area (Å²) in [6.45, 7) is 5.87. The molecule has 1 aliphatic heterocycles. The van der Waals surface area contributed by atoms with Gasteiger partial charge in [-0.05, 0) is 24.0 Å². The van der Waals surface area contributed by atoms with Crippen molar-refractivity contribution in [2.75, 3.05) is 18.0 Å². The van der Waals surface area contributed by atoms with Crippen molar-refractivity contribution in [3.63, 3.8) is 0 Å². The molecule has 1 aromatic rings.